The Hall–Kier alpha value is -1.26. The van der Waals surface area contributed by atoms with E-state index in [1.165, 1.54) is 23.1 Å². The van der Waals surface area contributed by atoms with Crippen LogP contribution in [0, 0.1) is 0 Å². The number of hydrogen-bond donors (Lipinski definition) is 2. The minimum Gasteiger partial charge on any atom is -0.463 e. The highest BCUT2D eigenvalue weighted by molar-refractivity contribution is 8.03. The average molecular weight is 389 g/mol. The van der Waals surface area contributed by atoms with Crippen molar-refractivity contribution in [1.82, 2.24) is 20.8 Å². The van der Waals surface area contributed by atoms with Gasteiger partial charge in [-0.15, -0.1) is 10.2 Å². The molecule has 0 radical (unpaired) electrons. The van der Waals surface area contributed by atoms with E-state index in [-0.39, 0.29) is 12.1 Å². The highest BCUT2D eigenvalue weighted by Crippen LogP contribution is 2.30. The van der Waals surface area contributed by atoms with E-state index in [9.17, 15) is 9.59 Å². The molecular formula is C14H20N4O3S3. The molecule has 10 heteroatoms. The molecule has 24 heavy (non-hydrogen) atoms. The molecule has 1 aromatic heterocycles. The largest absolute Gasteiger partial charge is 0.463 e. The highest BCUT2D eigenvalue weighted by Gasteiger charge is 2.31. The molecule has 2 N–H and O–H groups in total. The molecule has 0 fully saturated rings. The molecule has 0 aliphatic carbocycles. The zero-order valence-corrected chi connectivity index (χ0v) is 16.2. The summed E-state index contributed by atoms with van der Waals surface area (Å²) in [7, 11) is 0. The van der Waals surface area contributed by atoms with Crippen LogP contribution in [0.5, 0.6) is 0 Å². The van der Waals surface area contributed by atoms with Crippen molar-refractivity contribution in [3.05, 3.63) is 11.3 Å². The first-order valence-electron chi connectivity index (χ1n) is 7.65. The fourth-order valence-electron chi connectivity index (χ4n) is 2.15. The molecule has 0 bridgehead atoms. The third-order valence-corrected chi connectivity index (χ3v) is 6.24. The normalized spacial score (nSPS) is 17.5. The summed E-state index contributed by atoms with van der Waals surface area (Å²) in [6.07, 6.45) is 0.617. The Bertz CT molecular complexity index is 633. The number of amides is 2. The monoisotopic (exact) mass is 388 g/mol. The van der Waals surface area contributed by atoms with Crippen LogP contribution in [0.1, 0.15) is 27.2 Å². The number of carbonyl (C=O) groups is 2. The van der Waals surface area contributed by atoms with E-state index in [0.717, 1.165) is 14.4 Å². The molecule has 0 saturated carbocycles. The molecule has 2 rings (SSSR count). The smallest absolute Gasteiger partial charge is 0.337 e. The van der Waals surface area contributed by atoms with Crippen molar-refractivity contribution in [2.45, 2.75) is 41.9 Å². The maximum Gasteiger partial charge on any atom is 0.337 e. The van der Waals surface area contributed by atoms with Crippen molar-refractivity contribution >= 4 is 46.9 Å². The Kier molecular flexibility index (Phi) is 7.38. The van der Waals surface area contributed by atoms with E-state index >= 15 is 0 Å². The molecule has 0 saturated heterocycles. The van der Waals surface area contributed by atoms with Gasteiger partial charge in [-0.3, -0.25) is 0 Å². The topological polar surface area (TPSA) is 93.2 Å². The van der Waals surface area contributed by atoms with Crippen molar-refractivity contribution in [3.8, 4) is 0 Å². The van der Waals surface area contributed by atoms with Crippen molar-refractivity contribution in [3.63, 3.8) is 0 Å². The van der Waals surface area contributed by atoms with Crippen LogP contribution in [0.3, 0.4) is 0 Å². The number of thioether (sulfide) groups is 2. The van der Waals surface area contributed by atoms with E-state index in [0.29, 0.717) is 30.1 Å². The summed E-state index contributed by atoms with van der Waals surface area (Å²) in [4.78, 5) is 24.1. The zero-order chi connectivity index (χ0) is 17.5. The predicted octanol–water partition coefficient (Wildman–Crippen LogP) is 2.65. The fraction of sp³-hybridized carbons (Fsp3) is 0.571. The maximum atomic E-state index is 12.3. The molecule has 1 unspecified atom stereocenters. The molecule has 1 aromatic rings. The molecule has 0 spiro atoms. The Morgan fingerprint density at radius 2 is 1.96 bits per heavy atom. The van der Waals surface area contributed by atoms with Gasteiger partial charge in [-0.1, -0.05) is 48.7 Å². The maximum absolute atomic E-state index is 12.3. The minimum absolute atomic E-state index is 0.293. The first kappa shape index (κ1) is 19.1. The van der Waals surface area contributed by atoms with Gasteiger partial charge in [0.25, 0.3) is 0 Å². The second-order valence-corrected chi connectivity index (χ2v) is 8.44. The van der Waals surface area contributed by atoms with E-state index in [4.69, 9.17) is 4.74 Å². The summed E-state index contributed by atoms with van der Waals surface area (Å²) in [5.41, 5.74) is 1.06. The summed E-state index contributed by atoms with van der Waals surface area (Å²) in [6, 6.07) is -0.640. The molecular weight excluding hydrogens is 368 g/mol. The van der Waals surface area contributed by atoms with Gasteiger partial charge in [-0.05, 0) is 19.1 Å². The van der Waals surface area contributed by atoms with Gasteiger partial charge in [0.1, 0.15) is 0 Å². The third-order valence-electron chi connectivity index (χ3n) is 3.14. The molecule has 7 nitrogen and oxygen atoms in total. The first-order chi connectivity index (χ1) is 11.6. The van der Waals surface area contributed by atoms with Gasteiger partial charge in [-0.2, -0.15) is 0 Å². The lowest BCUT2D eigenvalue weighted by molar-refractivity contribution is -0.139. The third kappa shape index (κ3) is 4.87. The fourth-order valence-corrected chi connectivity index (χ4v) is 5.03. The number of carbonyl (C=O) groups excluding carboxylic acids is 2. The van der Waals surface area contributed by atoms with Gasteiger partial charge < -0.3 is 15.4 Å². The second-order valence-electron chi connectivity index (χ2n) is 4.73. The molecule has 2 heterocycles. The van der Waals surface area contributed by atoms with Gasteiger partial charge in [0, 0.05) is 11.4 Å². The average Bonchev–Trinajstić information content (AvgIpc) is 3.00. The quantitative estimate of drug-likeness (QED) is 0.522. The standard InChI is InChI=1S/C14H20N4O3S3/c1-4-8-10(11(19)21-5-2)9(16-12(20)15-8)7-23-14-18-17-13(24-14)22-6-3/h8H,4-7H2,1-3H3,(H2,15,16,20). The molecule has 0 aromatic carbocycles. The Morgan fingerprint density at radius 1 is 1.25 bits per heavy atom. The van der Waals surface area contributed by atoms with Crippen LogP contribution >= 0.6 is 34.9 Å². The summed E-state index contributed by atoms with van der Waals surface area (Å²) in [6.45, 7) is 6.03. The van der Waals surface area contributed by atoms with Gasteiger partial charge >= 0.3 is 12.0 Å². The van der Waals surface area contributed by atoms with E-state index in [1.54, 1.807) is 18.7 Å². The molecule has 1 aliphatic rings. The Labute approximate surface area is 153 Å². The number of rotatable bonds is 8. The number of aromatic nitrogens is 2. The van der Waals surface area contributed by atoms with Crippen LogP contribution in [0.15, 0.2) is 19.9 Å². The van der Waals surface area contributed by atoms with Crippen LogP contribution in [0.2, 0.25) is 0 Å². The molecule has 1 aliphatic heterocycles. The zero-order valence-electron chi connectivity index (χ0n) is 13.7. The number of urea groups is 1. The number of nitrogens with one attached hydrogen (secondary N) is 2. The number of ether oxygens (including phenoxy) is 1. The number of esters is 1. The number of hydrogen-bond acceptors (Lipinski definition) is 8. The summed E-state index contributed by atoms with van der Waals surface area (Å²) < 4.78 is 6.87. The van der Waals surface area contributed by atoms with Gasteiger partial charge in [0.15, 0.2) is 8.68 Å². The van der Waals surface area contributed by atoms with Crippen LogP contribution in [-0.4, -0.2) is 46.4 Å². The SMILES string of the molecule is CCOC(=O)C1=C(CSc2nnc(SCC)s2)NC(=O)NC1CC. The molecule has 132 valence electrons. The summed E-state index contributed by atoms with van der Waals surface area (Å²) in [5, 5.41) is 13.7. The van der Waals surface area contributed by atoms with Gasteiger partial charge in [0.05, 0.1) is 18.2 Å². The van der Waals surface area contributed by atoms with Crippen LogP contribution < -0.4 is 10.6 Å². The van der Waals surface area contributed by atoms with Crippen molar-refractivity contribution in [2.75, 3.05) is 18.1 Å². The minimum atomic E-state index is -0.396. The lowest BCUT2D eigenvalue weighted by Crippen LogP contribution is -2.50. The van der Waals surface area contributed by atoms with Crippen molar-refractivity contribution < 1.29 is 14.3 Å². The van der Waals surface area contributed by atoms with E-state index < -0.39 is 5.97 Å². The summed E-state index contributed by atoms with van der Waals surface area (Å²) in [5.74, 6) is 0.980. The van der Waals surface area contributed by atoms with Crippen LogP contribution in [0.25, 0.3) is 0 Å². The van der Waals surface area contributed by atoms with Crippen molar-refractivity contribution in [2.24, 2.45) is 0 Å². The Morgan fingerprint density at radius 3 is 2.58 bits per heavy atom. The van der Waals surface area contributed by atoms with Gasteiger partial charge in [-0.25, -0.2) is 9.59 Å². The predicted molar refractivity (Wildman–Crippen MR) is 96.4 cm³/mol. The van der Waals surface area contributed by atoms with Gasteiger partial charge in [0.2, 0.25) is 0 Å². The Balaban J connectivity index is 2.16. The second kappa shape index (κ2) is 9.28. The molecule has 2 amide bonds. The van der Waals surface area contributed by atoms with Crippen molar-refractivity contribution in [1.29, 1.82) is 0 Å². The number of nitrogens with zero attached hydrogens (tertiary/aromatic N) is 2. The first-order valence-corrected chi connectivity index (χ1v) is 10.4. The lowest BCUT2D eigenvalue weighted by atomic mass is 10.0. The lowest BCUT2D eigenvalue weighted by Gasteiger charge is -2.28. The molecule has 1 atom stereocenters. The summed E-state index contributed by atoms with van der Waals surface area (Å²) >= 11 is 4.60. The van der Waals surface area contributed by atoms with E-state index in [2.05, 4.69) is 27.8 Å². The van der Waals surface area contributed by atoms with E-state index in [1.807, 2.05) is 6.92 Å². The van der Waals surface area contributed by atoms with Crippen LogP contribution in [0.4, 0.5) is 4.79 Å². The highest BCUT2D eigenvalue weighted by atomic mass is 32.2. The van der Waals surface area contributed by atoms with Crippen LogP contribution in [-0.2, 0) is 9.53 Å².